The molecule has 11 heteroatoms. The number of carbonyl (C=O) groups excluding carboxylic acids is 3. The van der Waals surface area contributed by atoms with E-state index in [2.05, 4.69) is 11.9 Å². The number of benzene rings is 2. The number of hydrogen-bond donors (Lipinski definition) is 1. The Bertz CT molecular complexity index is 1500. The van der Waals surface area contributed by atoms with Crippen LogP contribution >= 0.6 is 11.3 Å². The standard InChI is InChI=1S/C31H34N2O8S/c1-6-9-16-41-22-15-12-20(17-23(22)40-8-3)25-24(26(34)19-10-13-21(14-11-19)39-7-2)27(35)29(36)33(25)31-32-18(4)28(42-31)30(37)38-5/h10-15,17,25,34H,6-9,16H2,1-5H3/b26-24+. The summed E-state index contributed by atoms with van der Waals surface area (Å²) >= 11 is 0.932. The molecular weight excluding hydrogens is 560 g/mol. The summed E-state index contributed by atoms with van der Waals surface area (Å²) < 4.78 is 22.2. The fourth-order valence-corrected chi connectivity index (χ4v) is 5.56. The van der Waals surface area contributed by atoms with Crippen LogP contribution in [0.25, 0.3) is 5.76 Å². The van der Waals surface area contributed by atoms with Crippen molar-refractivity contribution < 1.29 is 38.4 Å². The topological polar surface area (TPSA) is 124 Å². The lowest BCUT2D eigenvalue weighted by atomic mass is 9.95. The highest BCUT2D eigenvalue weighted by Crippen LogP contribution is 2.45. The maximum absolute atomic E-state index is 13.6. The van der Waals surface area contributed by atoms with Crippen molar-refractivity contribution in [1.82, 2.24) is 4.98 Å². The van der Waals surface area contributed by atoms with E-state index >= 15 is 0 Å². The Morgan fingerprint density at radius 2 is 1.71 bits per heavy atom. The smallest absolute Gasteiger partial charge is 0.350 e. The summed E-state index contributed by atoms with van der Waals surface area (Å²) in [4.78, 5) is 45.4. The van der Waals surface area contributed by atoms with Crippen LogP contribution in [0.4, 0.5) is 5.13 Å². The summed E-state index contributed by atoms with van der Waals surface area (Å²) in [7, 11) is 1.25. The van der Waals surface area contributed by atoms with Crippen LogP contribution in [0.1, 0.15) is 66.1 Å². The molecular formula is C31H34N2O8S. The van der Waals surface area contributed by atoms with E-state index in [1.54, 1.807) is 49.4 Å². The zero-order valence-electron chi connectivity index (χ0n) is 24.3. The number of esters is 1. The Labute approximate surface area is 248 Å². The molecule has 1 N–H and O–H groups in total. The predicted octanol–water partition coefficient (Wildman–Crippen LogP) is 5.84. The average Bonchev–Trinajstić information content (AvgIpc) is 3.50. The Hall–Kier alpha value is -4.38. The first-order valence-electron chi connectivity index (χ1n) is 13.7. The largest absolute Gasteiger partial charge is 0.507 e. The molecule has 4 rings (SSSR count). The number of aromatic nitrogens is 1. The van der Waals surface area contributed by atoms with Gasteiger partial charge in [0.25, 0.3) is 5.78 Å². The molecule has 1 aliphatic rings. The van der Waals surface area contributed by atoms with Crippen molar-refractivity contribution in [3.05, 3.63) is 69.7 Å². The number of nitrogens with zero attached hydrogens (tertiary/aromatic N) is 2. The number of hydrogen-bond acceptors (Lipinski definition) is 10. The third kappa shape index (κ3) is 6.11. The van der Waals surface area contributed by atoms with Gasteiger partial charge in [0.05, 0.1) is 44.2 Å². The monoisotopic (exact) mass is 594 g/mol. The van der Waals surface area contributed by atoms with Crippen molar-refractivity contribution in [3.63, 3.8) is 0 Å². The summed E-state index contributed by atoms with van der Waals surface area (Å²) in [6, 6.07) is 10.6. The number of amides is 1. The molecule has 10 nitrogen and oxygen atoms in total. The van der Waals surface area contributed by atoms with Crippen LogP contribution in [0.2, 0.25) is 0 Å². The Balaban J connectivity index is 1.90. The fraction of sp³-hybridized carbons (Fsp3) is 0.355. The summed E-state index contributed by atoms with van der Waals surface area (Å²) in [6.07, 6.45) is 1.82. The number of thiazole rings is 1. The minimum Gasteiger partial charge on any atom is -0.507 e. The molecule has 0 aliphatic carbocycles. The Morgan fingerprint density at radius 3 is 2.36 bits per heavy atom. The van der Waals surface area contributed by atoms with Gasteiger partial charge < -0.3 is 24.1 Å². The number of Topliss-reactive ketones (excluding diaryl/α,β-unsaturated/α-hetero) is 1. The van der Waals surface area contributed by atoms with Gasteiger partial charge in [-0.15, -0.1) is 0 Å². The quantitative estimate of drug-likeness (QED) is 0.0905. The van der Waals surface area contributed by atoms with Crippen molar-refractivity contribution in [3.8, 4) is 17.2 Å². The lowest BCUT2D eigenvalue weighted by Crippen LogP contribution is -2.29. The number of unbranched alkanes of at least 4 members (excludes halogenated alkanes) is 1. The summed E-state index contributed by atoms with van der Waals surface area (Å²) in [6.45, 7) is 8.71. The van der Waals surface area contributed by atoms with Crippen molar-refractivity contribution in [1.29, 1.82) is 0 Å². The molecule has 42 heavy (non-hydrogen) atoms. The van der Waals surface area contributed by atoms with Crippen LogP contribution in [0.3, 0.4) is 0 Å². The molecule has 3 aromatic rings. The molecule has 0 bridgehead atoms. The van der Waals surface area contributed by atoms with Crippen LogP contribution in [0, 0.1) is 6.92 Å². The van der Waals surface area contributed by atoms with Gasteiger partial charge >= 0.3 is 11.9 Å². The maximum atomic E-state index is 13.6. The molecule has 1 fully saturated rings. The SMILES string of the molecule is CCCCOc1ccc(C2/C(=C(\O)c3ccc(OCC)cc3)C(=O)C(=O)N2c2nc(C)c(C(=O)OC)s2)cc1OCC. The van der Waals surface area contributed by atoms with E-state index in [9.17, 15) is 19.5 Å². The number of rotatable bonds is 12. The van der Waals surface area contributed by atoms with Gasteiger partial charge in [0, 0.05) is 5.56 Å². The summed E-state index contributed by atoms with van der Waals surface area (Å²) in [5, 5.41) is 11.6. The van der Waals surface area contributed by atoms with Crippen LogP contribution in [-0.4, -0.2) is 54.7 Å². The fourth-order valence-electron chi connectivity index (χ4n) is 4.55. The number of aliphatic hydroxyl groups is 1. The average molecular weight is 595 g/mol. The molecule has 1 saturated heterocycles. The lowest BCUT2D eigenvalue weighted by molar-refractivity contribution is -0.132. The van der Waals surface area contributed by atoms with E-state index in [4.69, 9.17) is 18.9 Å². The summed E-state index contributed by atoms with van der Waals surface area (Å²) in [5.41, 5.74) is 1.04. The van der Waals surface area contributed by atoms with Crippen LogP contribution in [0.5, 0.6) is 17.2 Å². The number of carbonyl (C=O) groups is 3. The van der Waals surface area contributed by atoms with Gasteiger partial charge in [-0.05, 0) is 69.2 Å². The number of aliphatic hydroxyl groups excluding tert-OH is 1. The first kappa shape index (κ1) is 30.6. The Kier molecular flexibility index (Phi) is 9.84. The first-order chi connectivity index (χ1) is 20.2. The van der Waals surface area contributed by atoms with Crippen molar-refractivity contribution in [2.75, 3.05) is 31.8 Å². The number of aryl methyl sites for hydroxylation is 1. The molecule has 222 valence electrons. The van der Waals surface area contributed by atoms with Gasteiger partial charge in [-0.2, -0.15) is 0 Å². The number of methoxy groups -OCH3 is 1. The molecule has 1 atom stereocenters. The molecule has 1 unspecified atom stereocenters. The molecule has 2 aromatic carbocycles. The summed E-state index contributed by atoms with van der Waals surface area (Å²) in [5.74, 6) is -1.19. The molecule has 1 aromatic heterocycles. The molecule has 1 amide bonds. The number of anilines is 1. The second-order valence-corrected chi connectivity index (χ2v) is 10.3. The lowest BCUT2D eigenvalue weighted by Gasteiger charge is -2.24. The minimum atomic E-state index is -1.07. The van der Waals surface area contributed by atoms with Gasteiger partial charge in [0.15, 0.2) is 16.6 Å². The highest BCUT2D eigenvalue weighted by atomic mass is 32.1. The van der Waals surface area contributed by atoms with E-state index in [0.717, 1.165) is 24.2 Å². The van der Waals surface area contributed by atoms with Crippen molar-refractivity contribution >= 4 is 39.9 Å². The molecule has 0 saturated carbocycles. The van der Waals surface area contributed by atoms with Crippen LogP contribution < -0.4 is 19.1 Å². The highest BCUT2D eigenvalue weighted by molar-refractivity contribution is 7.17. The highest BCUT2D eigenvalue weighted by Gasteiger charge is 2.48. The molecule has 2 heterocycles. The molecule has 1 aliphatic heterocycles. The van der Waals surface area contributed by atoms with E-state index in [0.29, 0.717) is 53.9 Å². The van der Waals surface area contributed by atoms with Crippen molar-refractivity contribution in [2.24, 2.45) is 0 Å². The van der Waals surface area contributed by atoms with Crippen molar-refractivity contribution in [2.45, 2.75) is 46.6 Å². The maximum Gasteiger partial charge on any atom is 0.350 e. The van der Waals surface area contributed by atoms with Crippen LogP contribution in [-0.2, 0) is 14.3 Å². The second-order valence-electron chi connectivity index (χ2n) is 9.37. The third-order valence-electron chi connectivity index (χ3n) is 6.58. The van der Waals surface area contributed by atoms with E-state index in [1.807, 2.05) is 13.8 Å². The number of ketones is 1. The van der Waals surface area contributed by atoms with Gasteiger partial charge in [-0.3, -0.25) is 14.5 Å². The Morgan fingerprint density at radius 1 is 1.00 bits per heavy atom. The predicted molar refractivity (Wildman–Crippen MR) is 159 cm³/mol. The molecule has 0 radical (unpaired) electrons. The zero-order valence-corrected chi connectivity index (χ0v) is 25.1. The van der Waals surface area contributed by atoms with E-state index in [-0.39, 0.29) is 21.3 Å². The second kappa shape index (κ2) is 13.5. The van der Waals surface area contributed by atoms with Gasteiger partial charge in [0.2, 0.25) is 0 Å². The van der Waals surface area contributed by atoms with Gasteiger partial charge in [-0.25, -0.2) is 9.78 Å². The van der Waals surface area contributed by atoms with Gasteiger partial charge in [0.1, 0.15) is 16.4 Å². The zero-order chi connectivity index (χ0) is 30.4. The molecule has 0 spiro atoms. The van der Waals surface area contributed by atoms with Crippen LogP contribution in [0.15, 0.2) is 48.0 Å². The van der Waals surface area contributed by atoms with Gasteiger partial charge in [-0.1, -0.05) is 30.7 Å². The third-order valence-corrected chi connectivity index (χ3v) is 7.72. The minimum absolute atomic E-state index is 0.118. The van der Waals surface area contributed by atoms with E-state index in [1.165, 1.54) is 12.0 Å². The number of ether oxygens (including phenoxy) is 4. The first-order valence-corrected chi connectivity index (χ1v) is 14.6. The normalized spacial score (nSPS) is 16.0. The van der Waals surface area contributed by atoms with E-state index < -0.39 is 23.7 Å².